The lowest BCUT2D eigenvalue weighted by Crippen LogP contribution is -2.40. The molecule has 19 heavy (non-hydrogen) atoms. The molecule has 0 N–H and O–H groups in total. The van der Waals surface area contributed by atoms with Crippen LogP contribution in [0.1, 0.15) is 33.0 Å². The molecule has 1 aromatic rings. The molecule has 4 nitrogen and oxygen atoms in total. The first-order chi connectivity index (χ1) is 8.97. The van der Waals surface area contributed by atoms with Crippen LogP contribution in [-0.2, 0) is 6.42 Å². The van der Waals surface area contributed by atoms with Gasteiger partial charge in [0.1, 0.15) is 16.2 Å². The molecule has 1 unspecified atom stereocenters. The summed E-state index contributed by atoms with van der Waals surface area (Å²) in [6.45, 7) is 8.51. The van der Waals surface area contributed by atoms with E-state index in [1.54, 1.807) is 0 Å². The summed E-state index contributed by atoms with van der Waals surface area (Å²) >= 11 is 3.49. The SMILES string of the molecule is CCCc1nc(Br)cc(N(CC)C(C)CN(C)C)n1. The molecule has 1 rings (SSSR count). The molecule has 0 aliphatic heterocycles. The van der Waals surface area contributed by atoms with E-state index in [1.165, 1.54) is 0 Å². The molecular formula is C14H25BrN4. The highest BCUT2D eigenvalue weighted by atomic mass is 79.9. The average Bonchev–Trinajstić information content (AvgIpc) is 2.28. The van der Waals surface area contributed by atoms with E-state index >= 15 is 0 Å². The first-order valence-corrected chi connectivity index (χ1v) is 7.72. The van der Waals surface area contributed by atoms with E-state index in [2.05, 4.69) is 70.6 Å². The Kier molecular flexibility index (Phi) is 6.72. The van der Waals surface area contributed by atoms with Crippen molar-refractivity contribution in [3.63, 3.8) is 0 Å². The van der Waals surface area contributed by atoms with Gasteiger partial charge in [-0.15, -0.1) is 0 Å². The molecule has 5 heteroatoms. The minimum atomic E-state index is 0.427. The van der Waals surface area contributed by atoms with E-state index in [0.717, 1.165) is 42.2 Å². The number of aromatic nitrogens is 2. The molecule has 0 aliphatic rings. The van der Waals surface area contributed by atoms with Gasteiger partial charge in [0.15, 0.2) is 0 Å². The van der Waals surface area contributed by atoms with Gasteiger partial charge < -0.3 is 9.80 Å². The van der Waals surface area contributed by atoms with Gasteiger partial charge in [-0.05, 0) is 50.3 Å². The van der Waals surface area contributed by atoms with Crippen molar-refractivity contribution in [3.8, 4) is 0 Å². The summed E-state index contributed by atoms with van der Waals surface area (Å²) in [4.78, 5) is 13.6. The van der Waals surface area contributed by atoms with E-state index in [9.17, 15) is 0 Å². The molecule has 0 radical (unpaired) electrons. The van der Waals surface area contributed by atoms with Crippen molar-refractivity contribution in [1.29, 1.82) is 0 Å². The Morgan fingerprint density at radius 1 is 1.26 bits per heavy atom. The molecule has 1 atom stereocenters. The Morgan fingerprint density at radius 3 is 2.47 bits per heavy atom. The number of hydrogen-bond donors (Lipinski definition) is 0. The standard InChI is InChI=1S/C14H25BrN4/c1-6-8-13-16-12(15)9-14(17-13)19(7-2)11(3)10-18(4)5/h9,11H,6-8,10H2,1-5H3. The monoisotopic (exact) mass is 328 g/mol. The largest absolute Gasteiger partial charge is 0.353 e. The summed E-state index contributed by atoms with van der Waals surface area (Å²) in [5.74, 6) is 1.93. The van der Waals surface area contributed by atoms with Crippen molar-refractivity contribution < 1.29 is 0 Å². The third-order valence-corrected chi connectivity index (χ3v) is 3.40. The van der Waals surface area contributed by atoms with Crippen LogP contribution in [0.2, 0.25) is 0 Å². The van der Waals surface area contributed by atoms with Crippen molar-refractivity contribution in [2.45, 2.75) is 39.7 Å². The van der Waals surface area contributed by atoms with Crippen molar-refractivity contribution >= 4 is 21.7 Å². The minimum Gasteiger partial charge on any atom is -0.353 e. The fourth-order valence-electron chi connectivity index (χ4n) is 2.26. The lowest BCUT2D eigenvalue weighted by molar-refractivity contribution is 0.372. The molecule has 0 aliphatic carbocycles. The molecule has 108 valence electrons. The average molecular weight is 329 g/mol. The van der Waals surface area contributed by atoms with Gasteiger partial charge in [0, 0.05) is 31.6 Å². The van der Waals surface area contributed by atoms with E-state index in [-0.39, 0.29) is 0 Å². The van der Waals surface area contributed by atoms with Crippen LogP contribution < -0.4 is 4.90 Å². The highest BCUT2D eigenvalue weighted by Gasteiger charge is 2.16. The van der Waals surface area contributed by atoms with Gasteiger partial charge in [0.25, 0.3) is 0 Å². The Labute approximate surface area is 125 Å². The van der Waals surface area contributed by atoms with Crippen molar-refractivity contribution in [1.82, 2.24) is 14.9 Å². The predicted molar refractivity (Wildman–Crippen MR) is 84.8 cm³/mol. The van der Waals surface area contributed by atoms with E-state index in [4.69, 9.17) is 0 Å². The summed E-state index contributed by atoms with van der Waals surface area (Å²) < 4.78 is 0.872. The van der Waals surface area contributed by atoms with Crippen LogP contribution in [0.3, 0.4) is 0 Å². The minimum absolute atomic E-state index is 0.427. The van der Waals surface area contributed by atoms with E-state index in [0.29, 0.717) is 6.04 Å². The zero-order chi connectivity index (χ0) is 14.4. The smallest absolute Gasteiger partial charge is 0.133 e. The normalized spacial score (nSPS) is 12.8. The second-order valence-corrected chi connectivity index (χ2v) is 5.92. The molecular weight excluding hydrogens is 304 g/mol. The molecule has 0 saturated carbocycles. The zero-order valence-corrected chi connectivity index (χ0v) is 14.2. The molecule has 0 amide bonds. The Morgan fingerprint density at radius 2 is 1.95 bits per heavy atom. The first-order valence-electron chi connectivity index (χ1n) is 6.92. The highest BCUT2D eigenvalue weighted by Crippen LogP contribution is 2.19. The van der Waals surface area contributed by atoms with Gasteiger partial charge >= 0.3 is 0 Å². The van der Waals surface area contributed by atoms with Crippen LogP contribution >= 0.6 is 15.9 Å². The van der Waals surface area contributed by atoms with Crippen LogP contribution in [0.4, 0.5) is 5.82 Å². The maximum atomic E-state index is 4.69. The van der Waals surface area contributed by atoms with Gasteiger partial charge in [0.05, 0.1) is 0 Å². The fraction of sp³-hybridized carbons (Fsp3) is 0.714. The zero-order valence-electron chi connectivity index (χ0n) is 12.6. The first kappa shape index (κ1) is 16.4. The van der Waals surface area contributed by atoms with Crippen LogP contribution in [0.15, 0.2) is 10.7 Å². The maximum Gasteiger partial charge on any atom is 0.133 e. The van der Waals surface area contributed by atoms with Crippen LogP contribution in [-0.4, -0.2) is 48.1 Å². The Balaban J connectivity index is 2.96. The summed E-state index contributed by atoms with van der Waals surface area (Å²) in [6.07, 6.45) is 1.99. The molecule has 1 heterocycles. The molecule has 0 spiro atoms. The molecule has 0 bridgehead atoms. The van der Waals surface area contributed by atoms with Gasteiger partial charge in [0.2, 0.25) is 0 Å². The number of anilines is 1. The summed E-state index contributed by atoms with van der Waals surface area (Å²) in [5, 5.41) is 0. The summed E-state index contributed by atoms with van der Waals surface area (Å²) in [7, 11) is 4.20. The quantitative estimate of drug-likeness (QED) is 0.720. The summed E-state index contributed by atoms with van der Waals surface area (Å²) in [6, 6.07) is 2.44. The molecule has 0 aromatic carbocycles. The number of halogens is 1. The van der Waals surface area contributed by atoms with Gasteiger partial charge in [-0.1, -0.05) is 6.92 Å². The van der Waals surface area contributed by atoms with Crippen molar-refractivity contribution in [3.05, 3.63) is 16.5 Å². The van der Waals surface area contributed by atoms with Crippen LogP contribution in [0.25, 0.3) is 0 Å². The second kappa shape index (κ2) is 7.80. The summed E-state index contributed by atoms with van der Waals surface area (Å²) in [5.41, 5.74) is 0. The van der Waals surface area contributed by atoms with Gasteiger partial charge in [-0.3, -0.25) is 0 Å². The predicted octanol–water partition coefficient (Wildman–Crippen LogP) is 2.97. The molecule has 0 saturated heterocycles. The van der Waals surface area contributed by atoms with Gasteiger partial charge in [-0.25, -0.2) is 9.97 Å². The van der Waals surface area contributed by atoms with E-state index < -0.39 is 0 Å². The molecule has 0 fully saturated rings. The maximum absolute atomic E-state index is 4.69. The number of rotatable bonds is 7. The highest BCUT2D eigenvalue weighted by molar-refractivity contribution is 9.10. The van der Waals surface area contributed by atoms with E-state index in [1.807, 2.05) is 6.07 Å². The number of likely N-dealkylation sites (N-methyl/N-ethyl adjacent to an activating group) is 2. The third kappa shape index (κ3) is 5.07. The van der Waals surface area contributed by atoms with Gasteiger partial charge in [-0.2, -0.15) is 0 Å². The number of nitrogens with zero attached hydrogens (tertiary/aromatic N) is 4. The molecule has 1 aromatic heterocycles. The van der Waals surface area contributed by atoms with Crippen LogP contribution in [0.5, 0.6) is 0 Å². The lowest BCUT2D eigenvalue weighted by Gasteiger charge is -2.31. The lowest BCUT2D eigenvalue weighted by atomic mass is 10.2. The number of aryl methyl sites for hydroxylation is 1. The van der Waals surface area contributed by atoms with Crippen molar-refractivity contribution in [2.24, 2.45) is 0 Å². The topological polar surface area (TPSA) is 32.3 Å². The number of hydrogen-bond acceptors (Lipinski definition) is 4. The second-order valence-electron chi connectivity index (χ2n) is 5.11. The Bertz CT molecular complexity index is 395. The fourth-order valence-corrected chi connectivity index (χ4v) is 2.67. The third-order valence-electron chi connectivity index (χ3n) is 3.00. The Hall–Kier alpha value is -0.680. The van der Waals surface area contributed by atoms with Crippen molar-refractivity contribution in [2.75, 3.05) is 32.1 Å². The van der Waals surface area contributed by atoms with Crippen LogP contribution in [0, 0.1) is 0 Å².